The third-order valence-electron chi connectivity index (χ3n) is 3.63. The predicted molar refractivity (Wildman–Crippen MR) is 82.1 cm³/mol. The quantitative estimate of drug-likeness (QED) is 0.633. The highest BCUT2D eigenvalue weighted by molar-refractivity contribution is 5.85. The molecule has 6 heteroatoms. The van der Waals surface area contributed by atoms with Gasteiger partial charge >= 0.3 is 0 Å². The zero-order valence-electron chi connectivity index (χ0n) is 12.4. The van der Waals surface area contributed by atoms with Gasteiger partial charge in [-0.2, -0.15) is 0 Å². The maximum Gasteiger partial charge on any atom is 0.246 e. The number of hydrogen-bond donors (Lipinski definition) is 2. The second-order valence-corrected chi connectivity index (χ2v) is 5.06. The van der Waals surface area contributed by atoms with Crippen molar-refractivity contribution >= 4 is 18.3 Å². The SMILES string of the molecule is CCOCCOCC(=O)NC(CN)C1CCCCC1.Cl. The first-order valence-corrected chi connectivity index (χ1v) is 7.42. The van der Waals surface area contributed by atoms with Crippen molar-refractivity contribution in [3.63, 3.8) is 0 Å². The van der Waals surface area contributed by atoms with Crippen molar-refractivity contribution in [2.45, 2.75) is 45.1 Å². The molecule has 1 rings (SSSR count). The smallest absolute Gasteiger partial charge is 0.246 e. The summed E-state index contributed by atoms with van der Waals surface area (Å²) < 4.78 is 10.4. The molecule has 1 aliphatic rings. The van der Waals surface area contributed by atoms with Crippen LogP contribution in [0, 0.1) is 5.92 Å². The molecule has 3 N–H and O–H groups in total. The van der Waals surface area contributed by atoms with E-state index in [1.807, 2.05) is 6.92 Å². The molecule has 1 fully saturated rings. The number of nitrogens with one attached hydrogen (secondary N) is 1. The largest absolute Gasteiger partial charge is 0.379 e. The number of ether oxygens (including phenoxy) is 2. The molecular weight excluding hydrogens is 280 g/mol. The lowest BCUT2D eigenvalue weighted by molar-refractivity contribution is -0.127. The molecule has 120 valence electrons. The van der Waals surface area contributed by atoms with Crippen LogP contribution in [0.2, 0.25) is 0 Å². The van der Waals surface area contributed by atoms with Gasteiger partial charge in [0.25, 0.3) is 0 Å². The highest BCUT2D eigenvalue weighted by atomic mass is 35.5. The van der Waals surface area contributed by atoms with Crippen LogP contribution in [0.3, 0.4) is 0 Å². The van der Waals surface area contributed by atoms with Crippen molar-refractivity contribution in [3.8, 4) is 0 Å². The van der Waals surface area contributed by atoms with E-state index in [1.165, 1.54) is 32.1 Å². The van der Waals surface area contributed by atoms with Gasteiger partial charge in [0.05, 0.1) is 13.2 Å². The van der Waals surface area contributed by atoms with Gasteiger partial charge in [0.15, 0.2) is 0 Å². The van der Waals surface area contributed by atoms with E-state index in [0.717, 1.165) is 0 Å². The fourth-order valence-corrected chi connectivity index (χ4v) is 2.58. The lowest BCUT2D eigenvalue weighted by Crippen LogP contribution is -2.47. The third kappa shape index (κ3) is 8.04. The van der Waals surface area contributed by atoms with Gasteiger partial charge in [-0.3, -0.25) is 4.79 Å². The Hall–Kier alpha value is -0.360. The first-order chi connectivity index (χ1) is 9.27. The molecule has 0 aromatic heterocycles. The van der Waals surface area contributed by atoms with Crippen LogP contribution in [-0.4, -0.2) is 44.9 Å². The molecule has 0 aromatic carbocycles. The Labute approximate surface area is 128 Å². The van der Waals surface area contributed by atoms with Crippen LogP contribution in [0.5, 0.6) is 0 Å². The number of carbonyl (C=O) groups excluding carboxylic acids is 1. The van der Waals surface area contributed by atoms with Crippen molar-refractivity contribution in [2.24, 2.45) is 11.7 Å². The Morgan fingerprint density at radius 1 is 1.25 bits per heavy atom. The minimum atomic E-state index is -0.0717. The molecule has 1 atom stereocenters. The molecule has 1 aliphatic carbocycles. The van der Waals surface area contributed by atoms with E-state index in [1.54, 1.807) is 0 Å². The van der Waals surface area contributed by atoms with E-state index in [9.17, 15) is 4.79 Å². The fraction of sp³-hybridized carbons (Fsp3) is 0.929. The molecule has 1 unspecified atom stereocenters. The van der Waals surface area contributed by atoms with Crippen LogP contribution in [0.4, 0.5) is 0 Å². The van der Waals surface area contributed by atoms with Gasteiger partial charge < -0.3 is 20.5 Å². The van der Waals surface area contributed by atoms with Crippen LogP contribution < -0.4 is 11.1 Å². The van der Waals surface area contributed by atoms with Gasteiger partial charge in [0, 0.05) is 19.2 Å². The second kappa shape index (κ2) is 12.4. The standard InChI is InChI=1S/C14H28N2O3.ClH/c1-2-18-8-9-19-11-14(17)16-13(10-15)12-6-4-3-5-7-12;/h12-13H,2-11,15H2,1H3,(H,16,17);1H. The molecule has 0 heterocycles. The Morgan fingerprint density at radius 2 is 1.90 bits per heavy atom. The molecular formula is C14H29ClN2O3. The summed E-state index contributed by atoms with van der Waals surface area (Å²) >= 11 is 0. The molecule has 0 spiro atoms. The zero-order chi connectivity index (χ0) is 13.9. The summed E-state index contributed by atoms with van der Waals surface area (Å²) in [6.07, 6.45) is 6.16. The van der Waals surface area contributed by atoms with Gasteiger partial charge in [-0.05, 0) is 25.7 Å². The zero-order valence-corrected chi connectivity index (χ0v) is 13.3. The summed E-state index contributed by atoms with van der Waals surface area (Å²) in [5.41, 5.74) is 5.77. The van der Waals surface area contributed by atoms with Crippen molar-refractivity contribution in [2.75, 3.05) is 33.0 Å². The number of carbonyl (C=O) groups is 1. The van der Waals surface area contributed by atoms with Crippen LogP contribution in [0.25, 0.3) is 0 Å². The van der Waals surface area contributed by atoms with Crippen LogP contribution in [0.1, 0.15) is 39.0 Å². The van der Waals surface area contributed by atoms with E-state index in [0.29, 0.717) is 32.3 Å². The molecule has 5 nitrogen and oxygen atoms in total. The van der Waals surface area contributed by atoms with Gasteiger partial charge in [-0.25, -0.2) is 0 Å². The fourth-order valence-electron chi connectivity index (χ4n) is 2.58. The minimum absolute atomic E-state index is 0. The average molecular weight is 309 g/mol. The average Bonchev–Trinajstić information content (AvgIpc) is 2.45. The Kier molecular flexibility index (Phi) is 12.2. The summed E-state index contributed by atoms with van der Waals surface area (Å²) in [5.74, 6) is 0.462. The number of halogens is 1. The van der Waals surface area contributed by atoms with Gasteiger partial charge in [0.2, 0.25) is 5.91 Å². The maximum atomic E-state index is 11.8. The number of amides is 1. The molecule has 0 bridgehead atoms. The van der Waals surface area contributed by atoms with Crippen LogP contribution in [-0.2, 0) is 14.3 Å². The lowest BCUT2D eigenvalue weighted by atomic mass is 9.84. The van der Waals surface area contributed by atoms with Crippen molar-refractivity contribution < 1.29 is 14.3 Å². The van der Waals surface area contributed by atoms with E-state index < -0.39 is 0 Å². The van der Waals surface area contributed by atoms with Crippen molar-refractivity contribution in [1.82, 2.24) is 5.32 Å². The highest BCUT2D eigenvalue weighted by Crippen LogP contribution is 2.26. The normalized spacial score (nSPS) is 17.3. The summed E-state index contributed by atoms with van der Waals surface area (Å²) in [6, 6.07) is 0.100. The molecule has 0 radical (unpaired) electrons. The first-order valence-electron chi connectivity index (χ1n) is 7.42. The molecule has 0 aromatic rings. The monoisotopic (exact) mass is 308 g/mol. The topological polar surface area (TPSA) is 73.6 Å². The minimum Gasteiger partial charge on any atom is -0.379 e. The maximum absolute atomic E-state index is 11.8. The van der Waals surface area contributed by atoms with Crippen LogP contribution in [0.15, 0.2) is 0 Å². The molecule has 0 aliphatic heterocycles. The van der Waals surface area contributed by atoms with E-state index in [2.05, 4.69) is 5.32 Å². The number of nitrogens with two attached hydrogens (primary N) is 1. The highest BCUT2D eigenvalue weighted by Gasteiger charge is 2.23. The summed E-state index contributed by atoms with van der Waals surface area (Å²) in [6.45, 7) is 4.20. The summed E-state index contributed by atoms with van der Waals surface area (Å²) in [4.78, 5) is 11.8. The third-order valence-corrected chi connectivity index (χ3v) is 3.63. The summed E-state index contributed by atoms with van der Waals surface area (Å²) in [7, 11) is 0. The Morgan fingerprint density at radius 3 is 2.50 bits per heavy atom. The molecule has 1 saturated carbocycles. The van der Waals surface area contributed by atoms with E-state index in [4.69, 9.17) is 15.2 Å². The number of rotatable bonds is 9. The molecule has 1 amide bonds. The van der Waals surface area contributed by atoms with E-state index >= 15 is 0 Å². The predicted octanol–water partition coefficient (Wildman–Crippen LogP) is 1.49. The summed E-state index contributed by atoms with van der Waals surface area (Å²) in [5, 5.41) is 3.00. The molecule has 0 saturated heterocycles. The van der Waals surface area contributed by atoms with Crippen LogP contribution >= 0.6 is 12.4 Å². The lowest BCUT2D eigenvalue weighted by Gasteiger charge is -2.30. The van der Waals surface area contributed by atoms with E-state index in [-0.39, 0.29) is 31.0 Å². The van der Waals surface area contributed by atoms with Gasteiger partial charge in [-0.1, -0.05) is 19.3 Å². The van der Waals surface area contributed by atoms with Gasteiger partial charge in [0.1, 0.15) is 6.61 Å². The van der Waals surface area contributed by atoms with Gasteiger partial charge in [-0.15, -0.1) is 12.4 Å². The first kappa shape index (κ1) is 19.6. The van der Waals surface area contributed by atoms with Crippen molar-refractivity contribution in [3.05, 3.63) is 0 Å². The Bertz CT molecular complexity index is 249. The second-order valence-electron chi connectivity index (χ2n) is 5.06. The molecule has 20 heavy (non-hydrogen) atoms. The number of hydrogen-bond acceptors (Lipinski definition) is 4. The Balaban J connectivity index is 0.00000361. The van der Waals surface area contributed by atoms with Crippen molar-refractivity contribution in [1.29, 1.82) is 0 Å².